The van der Waals surface area contributed by atoms with Crippen molar-refractivity contribution >= 4 is 62.2 Å². The fraction of sp³-hybridized carbons (Fsp3) is 0.278. The van der Waals surface area contributed by atoms with Gasteiger partial charge in [0.05, 0.1) is 16.1 Å². The average Bonchev–Trinajstić information content (AvgIpc) is 2.95. The number of nitrogens with one attached hydrogen (secondary N) is 1. The van der Waals surface area contributed by atoms with Gasteiger partial charge in [0.1, 0.15) is 10.5 Å². The monoisotopic (exact) mass is 452 g/mol. The minimum Gasteiger partial charge on any atom is -0.320 e. The number of fused-ring (bicyclic) bond motifs is 1. The Morgan fingerprint density at radius 2 is 2.14 bits per heavy atom. The lowest BCUT2D eigenvalue weighted by Crippen LogP contribution is -2.23. The molecule has 0 aliphatic heterocycles. The fourth-order valence-corrected chi connectivity index (χ4v) is 4.88. The Bertz CT molecular complexity index is 1190. The number of nitro groups is 1. The molecular formula is C18H17ClN4O4S2. The lowest BCUT2D eigenvalue weighted by molar-refractivity contribution is -0.383. The van der Waals surface area contributed by atoms with Crippen molar-refractivity contribution in [1.29, 1.82) is 0 Å². The molecule has 0 saturated heterocycles. The molecule has 0 bridgehead atoms. The van der Waals surface area contributed by atoms with Crippen LogP contribution in [0.1, 0.15) is 17.4 Å². The van der Waals surface area contributed by atoms with Gasteiger partial charge in [-0.25, -0.2) is 4.98 Å². The molecule has 0 atom stereocenters. The van der Waals surface area contributed by atoms with Crippen LogP contribution >= 0.6 is 34.7 Å². The number of benzene rings is 1. The number of aryl methyl sites for hydroxylation is 2. The quantitative estimate of drug-likeness (QED) is 0.257. The Balaban J connectivity index is 1.83. The smallest absolute Gasteiger partial charge is 0.294 e. The van der Waals surface area contributed by atoms with Crippen LogP contribution in [0.15, 0.2) is 28.2 Å². The summed E-state index contributed by atoms with van der Waals surface area (Å²) in [5.41, 5.74) is 0.570. The highest BCUT2D eigenvalue weighted by molar-refractivity contribution is 7.99. The van der Waals surface area contributed by atoms with E-state index in [1.54, 1.807) is 0 Å². The molecule has 0 saturated carbocycles. The summed E-state index contributed by atoms with van der Waals surface area (Å²) in [6.45, 7) is 6.10. The number of thiophene rings is 1. The van der Waals surface area contributed by atoms with Crippen LogP contribution in [0.4, 0.5) is 11.4 Å². The Morgan fingerprint density at radius 1 is 1.41 bits per heavy atom. The van der Waals surface area contributed by atoms with E-state index >= 15 is 0 Å². The topological polar surface area (TPSA) is 107 Å². The van der Waals surface area contributed by atoms with E-state index in [1.165, 1.54) is 34.1 Å². The number of aromatic nitrogens is 2. The van der Waals surface area contributed by atoms with Crippen LogP contribution in [0.5, 0.6) is 0 Å². The van der Waals surface area contributed by atoms with Crippen molar-refractivity contribution in [3.05, 3.63) is 54.1 Å². The first-order chi connectivity index (χ1) is 13.7. The van der Waals surface area contributed by atoms with E-state index in [0.29, 0.717) is 21.9 Å². The zero-order valence-electron chi connectivity index (χ0n) is 15.8. The number of hydrogen-bond donors (Lipinski definition) is 1. The van der Waals surface area contributed by atoms with Gasteiger partial charge in [-0.3, -0.25) is 24.3 Å². The normalized spacial score (nSPS) is 11.0. The first kappa shape index (κ1) is 21.3. The van der Waals surface area contributed by atoms with Gasteiger partial charge in [0.2, 0.25) is 5.91 Å². The number of nitrogens with zero attached hydrogens (tertiary/aromatic N) is 3. The van der Waals surface area contributed by atoms with Crippen molar-refractivity contribution in [2.75, 3.05) is 11.1 Å². The van der Waals surface area contributed by atoms with Gasteiger partial charge in [-0.15, -0.1) is 11.3 Å². The predicted molar refractivity (Wildman–Crippen MR) is 116 cm³/mol. The van der Waals surface area contributed by atoms with Crippen molar-refractivity contribution in [2.45, 2.75) is 32.5 Å². The molecule has 11 heteroatoms. The second kappa shape index (κ2) is 8.52. The summed E-state index contributed by atoms with van der Waals surface area (Å²) in [7, 11) is 0. The highest BCUT2D eigenvalue weighted by Gasteiger charge is 2.19. The standard InChI is InChI=1S/C18H17ClN4O4S2/c1-4-22-17(25)15-9(2)10(3)29-16(15)21-18(22)28-8-14(24)20-12-6-5-11(19)7-13(12)23(26)27/h5-7H,4,8H2,1-3H3,(H,20,24). The molecule has 8 nitrogen and oxygen atoms in total. The van der Waals surface area contributed by atoms with Crippen LogP contribution in [0.3, 0.4) is 0 Å². The second-order valence-corrected chi connectivity index (χ2v) is 8.74. The number of halogens is 1. The lowest BCUT2D eigenvalue weighted by Gasteiger charge is -2.10. The van der Waals surface area contributed by atoms with E-state index in [0.717, 1.165) is 22.2 Å². The number of anilines is 1. The predicted octanol–water partition coefficient (Wildman–Crippen LogP) is 4.39. The zero-order chi connectivity index (χ0) is 21.3. The average molecular weight is 453 g/mol. The van der Waals surface area contributed by atoms with Gasteiger partial charge in [0.25, 0.3) is 11.2 Å². The third-order valence-corrected chi connectivity index (χ3v) is 6.65. The van der Waals surface area contributed by atoms with Gasteiger partial charge >= 0.3 is 0 Å². The molecule has 3 rings (SSSR count). The number of carbonyl (C=O) groups is 1. The summed E-state index contributed by atoms with van der Waals surface area (Å²) < 4.78 is 1.53. The minimum absolute atomic E-state index is 0.0545. The molecule has 0 spiro atoms. The third-order valence-electron chi connectivity index (χ3n) is 4.33. The van der Waals surface area contributed by atoms with E-state index in [4.69, 9.17) is 11.6 Å². The highest BCUT2D eigenvalue weighted by Crippen LogP contribution is 2.30. The maximum Gasteiger partial charge on any atom is 0.294 e. The lowest BCUT2D eigenvalue weighted by atomic mass is 10.2. The fourth-order valence-electron chi connectivity index (χ4n) is 2.78. The van der Waals surface area contributed by atoms with E-state index < -0.39 is 10.8 Å². The van der Waals surface area contributed by atoms with Crippen LogP contribution in [0, 0.1) is 24.0 Å². The molecule has 3 aromatic rings. The molecule has 0 aliphatic carbocycles. The van der Waals surface area contributed by atoms with E-state index in [9.17, 15) is 19.7 Å². The highest BCUT2D eigenvalue weighted by atomic mass is 35.5. The van der Waals surface area contributed by atoms with Crippen LogP contribution in [0.25, 0.3) is 10.2 Å². The number of thioether (sulfide) groups is 1. The van der Waals surface area contributed by atoms with E-state index in [1.807, 2.05) is 20.8 Å². The van der Waals surface area contributed by atoms with Gasteiger partial charge in [-0.1, -0.05) is 23.4 Å². The van der Waals surface area contributed by atoms with Gasteiger partial charge in [0, 0.05) is 22.5 Å². The molecule has 2 heterocycles. The molecular weight excluding hydrogens is 436 g/mol. The van der Waals surface area contributed by atoms with Gasteiger partial charge in [-0.05, 0) is 38.5 Å². The van der Waals surface area contributed by atoms with Crippen molar-refractivity contribution in [1.82, 2.24) is 9.55 Å². The number of amides is 1. The molecule has 0 aliphatic rings. The largest absolute Gasteiger partial charge is 0.320 e. The molecule has 29 heavy (non-hydrogen) atoms. The van der Waals surface area contributed by atoms with Crippen molar-refractivity contribution in [2.24, 2.45) is 0 Å². The summed E-state index contributed by atoms with van der Waals surface area (Å²) in [6, 6.07) is 4.02. The third kappa shape index (κ3) is 4.29. The van der Waals surface area contributed by atoms with Crippen LogP contribution in [-0.2, 0) is 11.3 Å². The Hall–Kier alpha value is -2.43. The van der Waals surface area contributed by atoms with Crippen molar-refractivity contribution < 1.29 is 9.72 Å². The molecule has 2 aromatic heterocycles. The molecule has 1 amide bonds. The van der Waals surface area contributed by atoms with Gasteiger partial charge in [0.15, 0.2) is 5.16 Å². The van der Waals surface area contributed by atoms with Crippen LogP contribution in [-0.4, -0.2) is 26.1 Å². The van der Waals surface area contributed by atoms with Crippen molar-refractivity contribution in [3.63, 3.8) is 0 Å². The number of nitro benzene ring substituents is 1. The molecule has 1 N–H and O–H groups in total. The van der Waals surface area contributed by atoms with Crippen LogP contribution in [0.2, 0.25) is 5.02 Å². The number of hydrogen-bond acceptors (Lipinski definition) is 7. The van der Waals surface area contributed by atoms with E-state index in [-0.39, 0.29) is 27.7 Å². The van der Waals surface area contributed by atoms with E-state index in [2.05, 4.69) is 10.3 Å². The summed E-state index contributed by atoms with van der Waals surface area (Å²) in [6.07, 6.45) is 0. The SMILES string of the molecule is CCn1c(SCC(=O)Nc2ccc(Cl)cc2[N+](=O)[O-])nc2sc(C)c(C)c2c1=O. The van der Waals surface area contributed by atoms with Crippen LogP contribution < -0.4 is 10.9 Å². The summed E-state index contributed by atoms with van der Waals surface area (Å²) in [4.78, 5) is 42.0. The molecule has 152 valence electrons. The first-order valence-corrected chi connectivity index (χ1v) is 10.8. The Morgan fingerprint density at radius 3 is 2.79 bits per heavy atom. The van der Waals surface area contributed by atoms with Gasteiger partial charge in [-0.2, -0.15) is 0 Å². The molecule has 0 unspecified atom stereocenters. The molecule has 1 aromatic carbocycles. The minimum atomic E-state index is -0.611. The van der Waals surface area contributed by atoms with Gasteiger partial charge < -0.3 is 5.32 Å². The zero-order valence-corrected chi connectivity index (χ0v) is 18.2. The molecule has 0 fully saturated rings. The summed E-state index contributed by atoms with van der Waals surface area (Å²) in [5, 5.41) is 14.9. The number of rotatable bonds is 6. The maximum absolute atomic E-state index is 12.8. The summed E-state index contributed by atoms with van der Waals surface area (Å²) >= 11 is 8.34. The summed E-state index contributed by atoms with van der Waals surface area (Å²) in [5.74, 6) is -0.503. The maximum atomic E-state index is 12.8. The Labute approximate surface area is 179 Å². The van der Waals surface area contributed by atoms with Crippen molar-refractivity contribution in [3.8, 4) is 0 Å². The second-order valence-electron chi connectivity index (χ2n) is 6.16. The Kier molecular flexibility index (Phi) is 6.25. The number of carbonyl (C=O) groups excluding carboxylic acids is 1. The molecule has 0 radical (unpaired) electrons. The first-order valence-electron chi connectivity index (χ1n) is 8.60.